The van der Waals surface area contributed by atoms with Gasteiger partial charge >= 0.3 is 0 Å². The standard InChI is InChI=1S/C36H72N8/c1-2-14-30-29(13-1)37-21-9-23-39-31-15-3-4-16-32(31)41-25-11-27-43-35-19-7-8-20-36(35)44-28-12-26-42-34-18-6-5-17-33(34)40-24-10-22-38-30/h29-44H,1-28H2/t29-,30-,31-,32-,33-,34-,35+,36+/m1/s1. The van der Waals surface area contributed by atoms with E-state index in [-0.39, 0.29) is 0 Å². The smallest absolute Gasteiger partial charge is 0.0221 e. The molecule has 44 heavy (non-hydrogen) atoms. The van der Waals surface area contributed by atoms with Crippen molar-refractivity contribution >= 4 is 0 Å². The molecular formula is C36H72N8. The molecule has 0 amide bonds. The van der Waals surface area contributed by atoms with Crippen molar-refractivity contribution in [2.75, 3.05) is 52.4 Å². The van der Waals surface area contributed by atoms with Crippen molar-refractivity contribution in [3.8, 4) is 0 Å². The molecule has 8 atom stereocenters. The van der Waals surface area contributed by atoms with Gasteiger partial charge in [0.2, 0.25) is 0 Å². The summed E-state index contributed by atoms with van der Waals surface area (Å²) in [5.41, 5.74) is 0. The maximum absolute atomic E-state index is 3.97. The molecule has 256 valence electrons. The first kappa shape index (κ1) is 35.0. The van der Waals surface area contributed by atoms with Crippen LogP contribution in [0.25, 0.3) is 0 Å². The molecule has 5 fully saturated rings. The van der Waals surface area contributed by atoms with Crippen molar-refractivity contribution in [3.63, 3.8) is 0 Å². The van der Waals surface area contributed by atoms with E-state index in [2.05, 4.69) is 42.5 Å². The molecule has 8 nitrogen and oxygen atoms in total. The van der Waals surface area contributed by atoms with Gasteiger partial charge in [0.1, 0.15) is 0 Å². The van der Waals surface area contributed by atoms with Crippen molar-refractivity contribution in [2.24, 2.45) is 0 Å². The predicted octanol–water partition coefficient (Wildman–Crippen LogP) is 3.52. The number of fused-ring (bicyclic) bond motifs is 4. The molecule has 5 rings (SSSR count). The summed E-state index contributed by atoms with van der Waals surface area (Å²) < 4.78 is 0. The van der Waals surface area contributed by atoms with Gasteiger partial charge < -0.3 is 42.5 Å². The Balaban J connectivity index is 1.10. The Morgan fingerprint density at radius 1 is 0.182 bits per heavy atom. The van der Waals surface area contributed by atoms with Crippen LogP contribution in [0.2, 0.25) is 0 Å². The van der Waals surface area contributed by atoms with E-state index in [0.29, 0.717) is 48.3 Å². The van der Waals surface area contributed by atoms with E-state index in [1.165, 1.54) is 128 Å². The van der Waals surface area contributed by atoms with Crippen LogP contribution in [-0.4, -0.2) is 101 Å². The monoisotopic (exact) mass is 617 g/mol. The molecule has 0 aromatic rings. The third-order valence-electron chi connectivity index (χ3n) is 11.7. The summed E-state index contributed by atoms with van der Waals surface area (Å²) in [5, 5.41) is 31.7. The molecule has 0 unspecified atom stereocenters. The first-order chi connectivity index (χ1) is 21.9. The van der Waals surface area contributed by atoms with Gasteiger partial charge in [0.05, 0.1) is 0 Å². The van der Waals surface area contributed by atoms with E-state index in [9.17, 15) is 0 Å². The highest BCUT2D eigenvalue weighted by Gasteiger charge is 2.28. The van der Waals surface area contributed by atoms with Gasteiger partial charge in [-0.1, -0.05) is 51.4 Å². The lowest BCUT2D eigenvalue weighted by molar-refractivity contribution is 0.261. The highest BCUT2D eigenvalue weighted by atomic mass is 15.1. The fourth-order valence-electron chi connectivity index (χ4n) is 9.13. The van der Waals surface area contributed by atoms with E-state index in [1.807, 2.05) is 0 Å². The molecule has 0 aromatic heterocycles. The second-order valence-electron chi connectivity index (χ2n) is 15.0. The number of hydrogen-bond donors (Lipinski definition) is 8. The van der Waals surface area contributed by atoms with Crippen LogP contribution in [-0.2, 0) is 0 Å². The zero-order chi connectivity index (χ0) is 30.1. The van der Waals surface area contributed by atoms with Crippen LogP contribution < -0.4 is 42.5 Å². The van der Waals surface area contributed by atoms with Gasteiger partial charge in [-0.05, 0) is 129 Å². The van der Waals surface area contributed by atoms with E-state index in [0.717, 1.165) is 52.4 Å². The minimum atomic E-state index is 0.645. The normalized spacial score (nSPS) is 39.3. The molecule has 0 radical (unpaired) electrons. The maximum atomic E-state index is 3.97. The summed E-state index contributed by atoms with van der Waals surface area (Å²) in [6, 6.07) is 5.16. The average molecular weight is 617 g/mol. The Morgan fingerprint density at radius 2 is 0.318 bits per heavy atom. The minimum absolute atomic E-state index is 0.645. The molecular weight excluding hydrogens is 544 g/mol. The summed E-state index contributed by atoms with van der Waals surface area (Å²) in [5.74, 6) is 0. The molecule has 1 heterocycles. The van der Waals surface area contributed by atoms with Crippen LogP contribution in [0.15, 0.2) is 0 Å². The van der Waals surface area contributed by atoms with E-state index < -0.39 is 0 Å². The Bertz CT molecular complexity index is 563. The van der Waals surface area contributed by atoms with Gasteiger partial charge in [0.15, 0.2) is 0 Å². The van der Waals surface area contributed by atoms with E-state index >= 15 is 0 Å². The lowest BCUT2D eigenvalue weighted by Crippen LogP contribution is -2.53. The van der Waals surface area contributed by atoms with Crippen LogP contribution in [0, 0.1) is 0 Å². The van der Waals surface area contributed by atoms with Gasteiger partial charge in [0.25, 0.3) is 0 Å². The van der Waals surface area contributed by atoms with Crippen molar-refractivity contribution in [2.45, 2.75) is 177 Å². The summed E-state index contributed by atoms with van der Waals surface area (Å²) in [6.07, 6.45) is 26.6. The second kappa shape index (κ2) is 20.8. The zero-order valence-corrected chi connectivity index (χ0v) is 28.4. The largest absolute Gasteiger partial charge is 0.312 e. The molecule has 0 spiro atoms. The summed E-state index contributed by atoms with van der Waals surface area (Å²) in [6.45, 7) is 9.12. The molecule has 1 aliphatic heterocycles. The lowest BCUT2D eigenvalue weighted by Gasteiger charge is -2.35. The SMILES string of the molecule is C1CN[C@H]2CCCC[C@@H]2NCCCN[C@@H]2CCCC[C@H]2NCCCN[C@@H]2CCCC[C@H]2NCCCN[C@@H]2CCCC[C@H]2NC1. The zero-order valence-electron chi connectivity index (χ0n) is 28.4. The highest BCUT2D eigenvalue weighted by molar-refractivity contribution is 4.90. The summed E-state index contributed by atoms with van der Waals surface area (Å²) >= 11 is 0. The third kappa shape index (κ3) is 12.0. The van der Waals surface area contributed by atoms with Crippen LogP contribution in [0.1, 0.15) is 128 Å². The average Bonchev–Trinajstić information content (AvgIpc) is 3.06. The van der Waals surface area contributed by atoms with Crippen LogP contribution in [0.5, 0.6) is 0 Å². The van der Waals surface area contributed by atoms with E-state index in [1.54, 1.807) is 0 Å². The Labute approximate surface area is 271 Å². The molecule has 0 bridgehead atoms. The third-order valence-corrected chi connectivity index (χ3v) is 11.7. The minimum Gasteiger partial charge on any atom is -0.312 e. The Hall–Kier alpha value is -0.320. The fraction of sp³-hybridized carbons (Fsp3) is 1.00. The maximum Gasteiger partial charge on any atom is 0.0221 e. The van der Waals surface area contributed by atoms with Crippen molar-refractivity contribution in [3.05, 3.63) is 0 Å². The molecule has 5 aliphatic rings. The topological polar surface area (TPSA) is 96.2 Å². The number of hydrogen-bond acceptors (Lipinski definition) is 8. The molecule has 8 heteroatoms. The molecule has 0 aromatic carbocycles. The van der Waals surface area contributed by atoms with Crippen LogP contribution >= 0.6 is 0 Å². The van der Waals surface area contributed by atoms with Crippen LogP contribution in [0.4, 0.5) is 0 Å². The highest BCUT2D eigenvalue weighted by Crippen LogP contribution is 2.22. The second-order valence-corrected chi connectivity index (χ2v) is 15.0. The summed E-state index contributed by atoms with van der Waals surface area (Å²) in [4.78, 5) is 0. The predicted molar refractivity (Wildman–Crippen MR) is 187 cm³/mol. The Kier molecular flexibility index (Phi) is 16.6. The number of nitrogens with one attached hydrogen (secondary N) is 8. The molecule has 1 saturated heterocycles. The molecule has 4 aliphatic carbocycles. The molecule has 4 saturated carbocycles. The first-order valence-corrected chi connectivity index (χ1v) is 19.7. The van der Waals surface area contributed by atoms with Gasteiger partial charge in [0, 0.05) is 48.3 Å². The van der Waals surface area contributed by atoms with Crippen molar-refractivity contribution in [1.29, 1.82) is 0 Å². The van der Waals surface area contributed by atoms with Gasteiger partial charge in [-0.25, -0.2) is 0 Å². The summed E-state index contributed by atoms with van der Waals surface area (Å²) in [7, 11) is 0. The molecule has 8 N–H and O–H groups in total. The van der Waals surface area contributed by atoms with E-state index in [4.69, 9.17) is 0 Å². The van der Waals surface area contributed by atoms with Crippen molar-refractivity contribution < 1.29 is 0 Å². The van der Waals surface area contributed by atoms with Crippen LogP contribution in [0.3, 0.4) is 0 Å². The van der Waals surface area contributed by atoms with Gasteiger partial charge in [-0.2, -0.15) is 0 Å². The first-order valence-electron chi connectivity index (χ1n) is 19.7. The quantitative estimate of drug-likeness (QED) is 0.210. The fourth-order valence-corrected chi connectivity index (χ4v) is 9.13. The van der Waals surface area contributed by atoms with Crippen molar-refractivity contribution in [1.82, 2.24) is 42.5 Å². The van der Waals surface area contributed by atoms with Gasteiger partial charge in [-0.3, -0.25) is 0 Å². The lowest BCUT2D eigenvalue weighted by atomic mass is 9.89. The van der Waals surface area contributed by atoms with Gasteiger partial charge in [-0.15, -0.1) is 0 Å². The Morgan fingerprint density at radius 3 is 0.455 bits per heavy atom. The number of rotatable bonds is 0.